The van der Waals surface area contributed by atoms with Crippen molar-refractivity contribution in [1.82, 2.24) is 15.1 Å². The van der Waals surface area contributed by atoms with Crippen molar-refractivity contribution in [3.05, 3.63) is 65.6 Å². The van der Waals surface area contributed by atoms with Crippen molar-refractivity contribution in [2.75, 3.05) is 13.2 Å². The third-order valence-electron chi connectivity index (χ3n) is 4.35. The van der Waals surface area contributed by atoms with Crippen molar-refractivity contribution >= 4 is 17.3 Å². The Morgan fingerprint density at radius 1 is 1.07 bits per heavy atom. The quantitative estimate of drug-likeness (QED) is 0.446. The van der Waals surface area contributed by atoms with Crippen LogP contribution < -0.4 is 9.47 Å². The summed E-state index contributed by atoms with van der Waals surface area (Å²) in [6, 6.07) is 12.9. The monoisotopic (exact) mass is 421 g/mol. The van der Waals surface area contributed by atoms with Crippen LogP contribution in [-0.2, 0) is 11.3 Å². The van der Waals surface area contributed by atoms with E-state index in [1.54, 1.807) is 24.5 Å². The van der Waals surface area contributed by atoms with Crippen LogP contribution in [0, 0.1) is 0 Å². The maximum absolute atomic E-state index is 12.4. The Morgan fingerprint density at radius 2 is 1.97 bits per heavy atom. The topological polar surface area (TPSA) is 96.6 Å². The fourth-order valence-electron chi connectivity index (χ4n) is 2.92. The predicted molar refractivity (Wildman–Crippen MR) is 107 cm³/mol. The van der Waals surface area contributed by atoms with Gasteiger partial charge in [-0.1, -0.05) is 5.16 Å². The molecule has 3 aromatic heterocycles. The lowest BCUT2D eigenvalue weighted by Gasteiger charge is -2.18. The molecule has 150 valence electrons. The van der Waals surface area contributed by atoms with E-state index in [0.29, 0.717) is 29.7 Å². The maximum atomic E-state index is 12.4. The van der Waals surface area contributed by atoms with Gasteiger partial charge in [-0.15, -0.1) is 11.3 Å². The largest absolute Gasteiger partial charge is 0.486 e. The molecule has 0 saturated carbocycles. The van der Waals surface area contributed by atoms with Crippen molar-refractivity contribution in [2.24, 2.45) is 0 Å². The van der Waals surface area contributed by atoms with Crippen LogP contribution in [0.15, 0.2) is 59.4 Å². The van der Waals surface area contributed by atoms with E-state index in [1.165, 1.54) is 11.3 Å². The number of ether oxygens (including phenoxy) is 3. The summed E-state index contributed by atoms with van der Waals surface area (Å²) >= 11 is 1.34. The molecule has 0 unspecified atom stereocenters. The van der Waals surface area contributed by atoms with E-state index in [4.69, 9.17) is 18.7 Å². The highest BCUT2D eigenvalue weighted by molar-refractivity contribution is 7.17. The number of pyridine rings is 1. The Hall–Kier alpha value is -3.72. The SMILES string of the molecule is O=C(OCc1nc(-c2cccnc2)no1)c1ccc(-c2ccc3c(c2)OCCO3)s1. The molecule has 0 radical (unpaired) electrons. The molecule has 0 N–H and O–H groups in total. The first-order chi connectivity index (χ1) is 14.8. The lowest BCUT2D eigenvalue weighted by molar-refractivity contribution is 0.0435. The van der Waals surface area contributed by atoms with Gasteiger partial charge in [0.15, 0.2) is 18.1 Å². The molecule has 30 heavy (non-hydrogen) atoms. The molecule has 8 nitrogen and oxygen atoms in total. The molecule has 0 atom stereocenters. The van der Waals surface area contributed by atoms with Crippen molar-refractivity contribution in [3.8, 4) is 33.3 Å². The Labute approximate surface area is 175 Å². The van der Waals surface area contributed by atoms with E-state index in [2.05, 4.69) is 15.1 Å². The van der Waals surface area contributed by atoms with Crippen LogP contribution in [0.25, 0.3) is 21.8 Å². The van der Waals surface area contributed by atoms with Gasteiger partial charge in [0.25, 0.3) is 5.89 Å². The molecule has 1 aliphatic heterocycles. The number of esters is 1. The molecule has 0 aliphatic carbocycles. The predicted octanol–water partition coefficient (Wildman–Crippen LogP) is 3.99. The number of hydrogen-bond acceptors (Lipinski definition) is 9. The second-order valence-electron chi connectivity index (χ2n) is 6.35. The van der Waals surface area contributed by atoms with Gasteiger partial charge in [-0.05, 0) is 48.0 Å². The summed E-state index contributed by atoms with van der Waals surface area (Å²) in [6.45, 7) is 0.963. The van der Waals surface area contributed by atoms with Crippen molar-refractivity contribution in [3.63, 3.8) is 0 Å². The second-order valence-corrected chi connectivity index (χ2v) is 7.44. The minimum Gasteiger partial charge on any atom is -0.486 e. The molecule has 0 bridgehead atoms. The van der Waals surface area contributed by atoms with E-state index in [0.717, 1.165) is 21.8 Å². The number of fused-ring (bicyclic) bond motifs is 1. The van der Waals surface area contributed by atoms with Crippen molar-refractivity contribution in [2.45, 2.75) is 6.61 Å². The molecule has 0 spiro atoms. The van der Waals surface area contributed by atoms with Crippen LogP contribution in [0.4, 0.5) is 0 Å². The Morgan fingerprint density at radius 3 is 2.83 bits per heavy atom. The molecule has 0 amide bonds. The number of thiophene rings is 1. The standard InChI is InChI=1S/C21H15N3O5S/c25-21(28-12-19-23-20(24-29-19)14-2-1-7-22-11-14)18-6-5-17(30-18)13-3-4-15-16(10-13)27-9-8-26-15/h1-7,10-11H,8-9,12H2. The number of carbonyl (C=O) groups excluding carboxylic acids is 1. The zero-order chi connectivity index (χ0) is 20.3. The first-order valence-corrected chi connectivity index (χ1v) is 9.98. The second kappa shape index (κ2) is 7.96. The summed E-state index contributed by atoms with van der Waals surface area (Å²) < 4.78 is 21.6. The summed E-state index contributed by atoms with van der Waals surface area (Å²) in [7, 11) is 0. The number of aromatic nitrogens is 3. The summed E-state index contributed by atoms with van der Waals surface area (Å²) in [5.41, 5.74) is 1.67. The van der Waals surface area contributed by atoms with E-state index in [1.807, 2.05) is 30.3 Å². The van der Waals surface area contributed by atoms with Gasteiger partial charge in [0.1, 0.15) is 18.1 Å². The van der Waals surface area contributed by atoms with E-state index < -0.39 is 5.97 Å². The molecule has 0 saturated heterocycles. The highest BCUT2D eigenvalue weighted by atomic mass is 32.1. The van der Waals surface area contributed by atoms with Crippen LogP contribution in [0.5, 0.6) is 11.5 Å². The number of hydrogen-bond donors (Lipinski definition) is 0. The molecule has 9 heteroatoms. The van der Waals surface area contributed by atoms with Crippen LogP contribution in [0.3, 0.4) is 0 Å². The Bertz CT molecular complexity index is 1190. The molecule has 4 heterocycles. The lowest BCUT2D eigenvalue weighted by Crippen LogP contribution is -2.15. The highest BCUT2D eigenvalue weighted by Crippen LogP contribution is 2.37. The molecular weight excluding hydrogens is 406 g/mol. The average Bonchev–Trinajstić information content (AvgIpc) is 3.48. The van der Waals surface area contributed by atoms with Gasteiger partial charge in [-0.25, -0.2) is 4.79 Å². The van der Waals surface area contributed by atoms with Gasteiger partial charge in [0.2, 0.25) is 5.82 Å². The number of rotatable bonds is 5. The van der Waals surface area contributed by atoms with Gasteiger partial charge in [0.05, 0.1) is 0 Å². The first kappa shape index (κ1) is 18.3. The summed E-state index contributed by atoms with van der Waals surface area (Å²) in [6.07, 6.45) is 3.29. The highest BCUT2D eigenvalue weighted by Gasteiger charge is 2.17. The van der Waals surface area contributed by atoms with Crippen LogP contribution in [-0.4, -0.2) is 34.3 Å². The summed E-state index contributed by atoms with van der Waals surface area (Å²) in [4.78, 5) is 22.1. The van der Waals surface area contributed by atoms with E-state index >= 15 is 0 Å². The summed E-state index contributed by atoms with van der Waals surface area (Å²) in [5.74, 6) is 1.59. The fraction of sp³-hybridized carbons (Fsp3) is 0.143. The third-order valence-corrected chi connectivity index (χ3v) is 5.46. The van der Waals surface area contributed by atoms with Crippen LogP contribution in [0.2, 0.25) is 0 Å². The first-order valence-electron chi connectivity index (χ1n) is 9.16. The summed E-state index contributed by atoms with van der Waals surface area (Å²) in [5, 5.41) is 3.88. The van der Waals surface area contributed by atoms with Crippen molar-refractivity contribution < 1.29 is 23.5 Å². The Kier molecular flexibility index (Phi) is 4.86. The fourth-order valence-corrected chi connectivity index (χ4v) is 3.82. The average molecular weight is 421 g/mol. The zero-order valence-corrected chi connectivity index (χ0v) is 16.4. The molecule has 5 rings (SSSR count). The van der Waals surface area contributed by atoms with E-state index in [-0.39, 0.29) is 12.5 Å². The third kappa shape index (κ3) is 3.74. The Balaban J connectivity index is 1.25. The number of benzene rings is 1. The lowest BCUT2D eigenvalue weighted by atomic mass is 10.1. The minimum absolute atomic E-state index is 0.108. The molecular formula is C21H15N3O5S. The molecule has 1 aliphatic rings. The van der Waals surface area contributed by atoms with Gasteiger partial charge in [-0.2, -0.15) is 4.98 Å². The van der Waals surface area contributed by atoms with E-state index in [9.17, 15) is 4.79 Å². The van der Waals surface area contributed by atoms with Gasteiger partial charge in [0, 0.05) is 22.8 Å². The maximum Gasteiger partial charge on any atom is 0.348 e. The van der Waals surface area contributed by atoms with Crippen LogP contribution >= 0.6 is 11.3 Å². The van der Waals surface area contributed by atoms with Gasteiger partial charge in [-0.3, -0.25) is 4.98 Å². The zero-order valence-electron chi connectivity index (χ0n) is 15.6. The normalized spacial score (nSPS) is 12.5. The van der Waals surface area contributed by atoms with Gasteiger partial charge >= 0.3 is 5.97 Å². The molecule has 1 aromatic carbocycles. The number of nitrogens with zero attached hydrogens (tertiary/aromatic N) is 3. The minimum atomic E-state index is -0.454. The smallest absolute Gasteiger partial charge is 0.348 e. The van der Waals surface area contributed by atoms with Crippen LogP contribution in [0.1, 0.15) is 15.6 Å². The van der Waals surface area contributed by atoms with Crippen molar-refractivity contribution in [1.29, 1.82) is 0 Å². The number of carbonyl (C=O) groups is 1. The van der Waals surface area contributed by atoms with Gasteiger partial charge < -0.3 is 18.7 Å². The molecule has 0 fully saturated rings. The molecule has 4 aromatic rings.